The van der Waals surface area contributed by atoms with E-state index in [1.54, 1.807) is 6.07 Å². The van der Waals surface area contributed by atoms with E-state index in [1.165, 1.54) is 17.2 Å². The van der Waals surface area contributed by atoms with Crippen molar-refractivity contribution >= 4 is 0 Å². The number of nitrogens with zero attached hydrogens (tertiary/aromatic N) is 1. The minimum absolute atomic E-state index is 0.0234. The Bertz CT molecular complexity index is 791. The van der Waals surface area contributed by atoms with Crippen LogP contribution in [0.5, 0.6) is 0 Å². The molecule has 4 atom stereocenters. The van der Waals surface area contributed by atoms with Gasteiger partial charge in [-0.3, -0.25) is 0 Å². The molecule has 1 N–H and O–H groups in total. The van der Waals surface area contributed by atoms with Crippen LogP contribution in [0.3, 0.4) is 0 Å². The van der Waals surface area contributed by atoms with E-state index in [2.05, 4.69) is 37.2 Å². The van der Waals surface area contributed by atoms with Gasteiger partial charge < -0.3 is 14.7 Å². The third kappa shape index (κ3) is 3.18. The van der Waals surface area contributed by atoms with Gasteiger partial charge >= 0.3 is 0 Å². The Morgan fingerprint density at radius 3 is 2.69 bits per heavy atom. The fourth-order valence-electron chi connectivity index (χ4n) is 4.58. The molecule has 0 aromatic heterocycles. The Labute approximate surface area is 154 Å². The van der Waals surface area contributed by atoms with E-state index < -0.39 is 6.29 Å². The molecule has 0 amide bonds. The zero-order valence-corrected chi connectivity index (χ0v) is 15.4. The predicted octanol–water partition coefficient (Wildman–Crippen LogP) is 3.86. The van der Waals surface area contributed by atoms with Crippen LogP contribution in [0.4, 0.5) is 4.39 Å². The summed E-state index contributed by atoms with van der Waals surface area (Å²) in [5, 5.41) is 10.7. The molecular weight excluding hydrogens is 329 g/mol. The minimum Gasteiger partial charge on any atom is -0.368 e. The van der Waals surface area contributed by atoms with E-state index in [0.29, 0.717) is 0 Å². The molecule has 2 aliphatic rings. The van der Waals surface area contributed by atoms with Gasteiger partial charge in [-0.2, -0.15) is 0 Å². The minimum atomic E-state index is -0.811. The van der Waals surface area contributed by atoms with Gasteiger partial charge in [0.05, 0.1) is 6.10 Å². The molecule has 1 aliphatic heterocycles. The van der Waals surface area contributed by atoms with Crippen LogP contribution in [0.25, 0.3) is 0 Å². The van der Waals surface area contributed by atoms with E-state index in [0.717, 1.165) is 36.9 Å². The van der Waals surface area contributed by atoms with E-state index in [9.17, 15) is 9.50 Å². The first-order valence-corrected chi connectivity index (χ1v) is 9.39. The normalized spacial score (nSPS) is 27.0. The first-order valence-electron chi connectivity index (χ1n) is 9.39. The van der Waals surface area contributed by atoms with Gasteiger partial charge in [-0.05, 0) is 74.3 Å². The van der Waals surface area contributed by atoms with Gasteiger partial charge in [0.1, 0.15) is 5.82 Å². The van der Waals surface area contributed by atoms with Crippen molar-refractivity contribution in [3.63, 3.8) is 0 Å². The van der Waals surface area contributed by atoms with E-state index in [-0.39, 0.29) is 23.8 Å². The first-order chi connectivity index (χ1) is 12.5. The molecule has 0 saturated carbocycles. The number of ether oxygens (including phenoxy) is 1. The van der Waals surface area contributed by atoms with Crippen molar-refractivity contribution in [1.29, 1.82) is 0 Å². The van der Waals surface area contributed by atoms with Crippen molar-refractivity contribution in [3.05, 3.63) is 70.5 Å². The highest BCUT2D eigenvalue weighted by atomic mass is 19.1. The summed E-state index contributed by atoms with van der Waals surface area (Å²) in [6.45, 7) is 0.980. The lowest BCUT2D eigenvalue weighted by Crippen LogP contribution is -2.22. The van der Waals surface area contributed by atoms with Crippen LogP contribution in [0.2, 0.25) is 0 Å². The van der Waals surface area contributed by atoms with Crippen molar-refractivity contribution in [2.75, 3.05) is 20.6 Å². The summed E-state index contributed by atoms with van der Waals surface area (Å²) in [5.41, 5.74) is 4.47. The maximum atomic E-state index is 14.0. The van der Waals surface area contributed by atoms with Crippen LogP contribution in [0, 0.1) is 11.7 Å². The van der Waals surface area contributed by atoms with E-state index >= 15 is 0 Å². The number of halogens is 1. The summed E-state index contributed by atoms with van der Waals surface area (Å²) in [7, 11) is 4.12. The topological polar surface area (TPSA) is 32.7 Å². The molecule has 1 saturated heterocycles. The maximum Gasteiger partial charge on any atom is 0.158 e. The van der Waals surface area contributed by atoms with Crippen LogP contribution in [-0.4, -0.2) is 36.9 Å². The Kier molecular flexibility index (Phi) is 4.82. The van der Waals surface area contributed by atoms with Crippen molar-refractivity contribution in [2.24, 2.45) is 5.92 Å². The molecule has 2 aromatic rings. The summed E-state index contributed by atoms with van der Waals surface area (Å²) < 4.78 is 20.0. The molecule has 0 bridgehead atoms. The van der Waals surface area contributed by atoms with Crippen molar-refractivity contribution in [1.82, 2.24) is 4.90 Å². The van der Waals surface area contributed by atoms with Gasteiger partial charge in [0, 0.05) is 11.8 Å². The highest BCUT2D eigenvalue weighted by molar-refractivity contribution is 5.45. The molecule has 4 unspecified atom stereocenters. The van der Waals surface area contributed by atoms with Crippen LogP contribution < -0.4 is 0 Å². The summed E-state index contributed by atoms with van der Waals surface area (Å²) in [6, 6.07) is 13.4. The Morgan fingerprint density at radius 1 is 1.12 bits per heavy atom. The fraction of sp³-hybridized carbons (Fsp3) is 0.455. The van der Waals surface area contributed by atoms with Gasteiger partial charge in [-0.1, -0.05) is 30.3 Å². The average Bonchev–Trinajstić information content (AvgIpc) is 2.86. The SMILES string of the molecule is CN(C)CCCC1C(O)OC2c3cc(F)ccc3Cc3ccccc3C21. The number of fused-ring (bicyclic) bond motifs is 5. The number of aliphatic hydroxyl groups excluding tert-OH is 1. The molecule has 1 fully saturated rings. The molecular formula is C22H26FNO2. The molecule has 138 valence electrons. The largest absolute Gasteiger partial charge is 0.368 e. The number of hydrogen-bond acceptors (Lipinski definition) is 3. The van der Waals surface area contributed by atoms with Crippen LogP contribution in [0.15, 0.2) is 42.5 Å². The quantitative estimate of drug-likeness (QED) is 0.904. The lowest BCUT2D eigenvalue weighted by atomic mass is 9.79. The number of aliphatic hydroxyl groups is 1. The molecule has 3 nitrogen and oxygen atoms in total. The smallest absolute Gasteiger partial charge is 0.158 e. The maximum absolute atomic E-state index is 14.0. The van der Waals surface area contributed by atoms with Crippen LogP contribution in [-0.2, 0) is 11.2 Å². The lowest BCUT2D eigenvalue weighted by molar-refractivity contribution is -0.110. The fourth-order valence-corrected chi connectivity index (χ4v) is 4.58. The molecule has 2 aromatic carbocycles. The molecule has 1 heterocycles. The summed E-state index contributed by atoms with van der Waals surface area (Å²) in [6.07, 6.45) is 1.57. The highest BCUT2D eigenvalue weighted by Gasteiger charge is 2.47. The van der Waals surface area contributed by atoms with Crippen LogP contribution in [0.1, 0.15) is 47.1 Å². The second-order valence-electron chi connectivity index (χ2n) is 7.80. The van der Waals surface area contributed by atoms with Gasteiger partial charge in [0.25, 0.3) is 0 Å². The van der Waals surface area contributed by atoms with Gasteiger partial charge in [0.2, 0.25) is 0 Å². The summed E-state index contributed by atoms with van der Waals surface area (Å²) >= 11 is 0. The third-order valence-corrected chi connectivity index (χ3v) is 5.79. The predicted molar refractivity (Wildman–Crippen MR) is 99.5 cm³/mol. The second kappa shape index (κ2) is 7.10. The number of rotatable bonds is 4. The molecule has 0 radical (unpaired) electrons. The molecule has 0 spiro atoms. The molecule has 26 heavy (non-hydrogen) atoms. The summed E-state index contributed by atoms with van der Waals surface area (Å²) in [5.74, 6) is -0.163. The molecule has 4 rings (SSSR count). The Hall–Kier alpha value is -1.75. The monoisotopic (exact) mass is 355 g/mol. The zero-order valence-electron chi connectivity index (χ0n) is 15.4. The third-order valence-electron chi connectivity index (χ3n) is 5.79. The van der Waals surface area contributed by atoms with Gasteiger partial charge in [-0.25, -0.2) is 4.39 Å². The highest BCUT2D eigenvalue weighted by Crippen LogP contribution is 2.53. The first kappa shape index (κ1) is 17.7. The second-order valence-corrected chi connectivity index (χ2v) is 7.80. The molecule has 1 aliphatic carbocycles. The van der Waals surface area contributed by atoms with Crippen molar-refractivity contribution in [3.8, 4) is 0 Å². The average molecular weight is 355 g/mol. The number of hydrogen-bond donors (Lipinski definition) is 1. The zero-order chi connectivity index (χ0) is 18.3. The van der Waals surface area contributed by atoms with Gasteiger partial charge in [0.15, 0.2) is 6.29 Å². The van der Waals surface area contributed by atoms with Crippen molar-refractivity contribution < 1.29 is 14.2 Å². The van der Waals surface area contributed by atoms with E-state index in [1.807, 2.05) is 12.1 Å². The molecule has 4 heteroatoms. The van der Waals surface area contributed by atoms with Crippen molar-refractivity contribution in [2.45, 2.75) is 37.6 Å². The lowest BCUT2D eigenvalue weighted by Gasteiger charge is -2.24. The standard InChI is InChI=1S/C22H26FNO2/c1-24(2)11-5-8-18-20-17-7-4-3-6-14(17)12-15-9-10-16(23)13-19(15)21(20)26-22(18)25/h3-4,6-7,9-10,13,18,20-22,25H,5,8,11-12H2,1-2H3. The number of benzene rings is 2. The van der Waals surface area contributed by atoms with Gasteiger partial charge in [-0.15, -0.1) is 0 Å². The summed E-state index contributed by atoms with van der Waals surface area (Å²) in [4.78, 5) is 2.16. The Morgan fingerprint density at radius 2 is 1.88 bits per heavy atom. The van der Waals surface area contributed by atoms with Crippen LogP contribution >= 0.6 is 0 Å². The van der Waals surface area contributed by atoms with E-state index in [4.69, 9.17) is 4.74 Å². The Balaban J connectivity index is 1.75.